The second-order valence-electron chi connectivity index (χ2n) is 2.69. The van der Waals surface area contributed by atoms with E-state index >= 15 is 0 Å². The predicted molar refractivity (Wildman–Crippen MR) is 41.5 cm³/mol. The first-order chi connectivity index (χ1) is 5.24. The van der Waals surface area contributed by atoms with Crippen LogP contribution in [-0.2, 0) is 0 Å². The lowest BCUT2D eigenvalue weighted by molar-refractivity contribution is 0.241. The first kappa shape index (κ1) is 8.43. The molecule has 2 nitrogen and oxygen atoms in total. The van der Waals surface area contributed by atoms with Gasteiger partial charge in [-0.15, -0.1) is 0 Å². The zero-order valence-electron chi connectivity index (χ0n) is 6.20. The Morgan fingerprint density at radius 3 is 3.00 bits per heavy atom. The fraction of sp³-hybridized carbons (Fsp3) is 0.500. The zero-order valence-corrected chi connectivity index (χ0v) is 6.20. The normalized spacial score (nSPS) is 26.5. The molecule has 62 valence electrons. The van der Waals surface area contributed by atoms with Crippen molar-refractivity contribution < 1.29 is 9.50 Å². The Kier molecular flexibility index (Phi) is 2.79. The van der Waals surface area contributed by atoms with Gasteiger partial charge in [-0.2, -0.15) is 0 Å². The van der Waals surface area contributed by atoms with Gasteiger partial charge in [-0.05, 0) is 24.5 Å². The van der Waals surface area contributed by atoms with Crippen LogP contribution in [0.5, 0.6) is 0 Å². The Morgan fingerprint density at radius 2 is 2.55 bits per heavy atom. The zero-order chi connectivity index (χ0) is 8.27. The average molecular weight is 157 g/mol. The van der Waals surface area contributed by atoms with E-state index in [0.717, 1.165) is 0 Å². The van der Waals surface area contributed by atoms with Gasteiger partial charge in [-0.25, -0.2) is 4.39 Å². The Labute approximate surface area is 65.2 Å². The predicted octanol–water partition coefficient (Wildman–Crippen LogP) is 0.736. The van der Waals surface area contributed by atoms with Gasteiger partial charge in [-0.1, -0.05) is 6.08 Å². The van der Waals surface area contributed by atoms with Crippen LogP contribution in [0.25, 0.3) is 0 Å². The maximum atomic E-state index is 12.4. The molecular weight excluding hydrogens is 145 g/mol. The van der Waals surface area contributed by atoms with Crippen molar-refractivity contribution in [2.24, 2.45) is 11.7 Å². The number of hydrogen-bond donors (Lipinski definition) is 2. The van der Waals surface area contributed by atoms with E-state index in [-0.39, 0.29) is 24.4 Å². The van der Waals surface area contributed by atoms with E-state index in [1.165, 1.54) is 12.2 Å². The summed E-state index contributed by atoms with van der Waals surface area (Å²) in [5.74, 6) is -0.133. The maximum absolute atomic E-state index is 12.4. The summed E-state index contributed by atoms with van der Waals surface area (Å²) in [5, 5.41) is 8.68. The number of hydrogen-bond acceptors (Lipinski definition) is 2. The molecule has 0 aromatic heterocycles. The van der Waals surface area contributed by atoms with E-state index in [1.807, 2.05) is 0 Å². The summed E-state index contributed by atoms with van der Waals surface area (Å²) < 4.78 is 12.4. The van der Waals surface area contributed by atoms with Crippen LogP contribution in [0.1, 0.15) is 6.42 Å². The van der Waals surface area contributed by atoms with Crippen molar-refractivity contribution in [2.45, 2.75) is 12.5 Å². The summed E-state index contributed by atoms with van der Waals surface area (Å²) in [6, 6.07) is -0.268. The van der Waals surface area contributed by atoms with Crippen LogP contribution in [-0.4, -0.2) is 17.8 Å². The van der Waals surface area contributed by atoms with Gasteiger partial charge in [0.25, 0.3) is 0 Å². The Balaban J connectivity index is 2.48. The molecule has 3 N–H and O–H groups in total. The van der Waals surface area contributed by atoms with Gasteiger partial charge in [0.2, 0.25) is 0 Å². The van der Waals surface area contributed by atoms with Gasteiger partial charge >= 0.3 is 0 Å². The third kappa shape index (κ3) is 2.13. The lowest BCUT2D eigenvalue weighted by Gasteiger charge is -2.18. The monoisotopic (exact) mass is 157 g/mol. The van der Waals surface area contributed by atoms with Crippen LogP contribution in [0.3, 0.4) is 0 Å². The third-order valence-electron chi connectivity index (χ3n) is 1.85. The topological polar surface area (TPSA) is 46.2 Å². The van der Waals surface area contributed by atoms with Gasteiger partial charge in [0.1, 0.15) is 5.83 Å². The molecule has 0 fully saturated rings. The van der Waals surface area contributed by atoms with Gasteiger partial charge < -0.3 is 10.8 Å². The fourth-order valence-corrected chi connectivity index (χ4v) is 1.06. The van der Waals surface area contributed by atoms with Crippen molar-refractivity contribution >= 4 is 0 Å². The highest BCUT2D eigenvalue weighted by Crippen LogP contribution is 2.18. The lowest BCUT2D eigenvalue weighted by Crippen LogP contribution is -2.32. The lowest BCUT2D eigenvalue weighted by atomic mass is 9.93. The van der Waals surface area contributed by atoms with Gasteiger partial charge in [0.05, 0.1) is 6.61 Å². The second kappa shape index (κ2) is 3.64. The molecule has 0 heterocycles. The highest BCUT2D eigenvalue weighted by molar-refractivity contribution is 5.18. The van der Waals surface area contributed by atoms with Crippen molar-refractivity contribution in [1.82, 2.24) is 0 Å². The summed E-state index contributed by atoms with van der Waals surface area (Å²) in [6.45, 7) is -0.0511. The molecule has 0 radical (unpaired) electrons. The van der Waals surface area contributed by atoms with E-state index in [9.17, 15) is 4.39 Å². The Bertz CT molecular complexity index is 189. The molecule has 11 heavy (non-hydrogen) atoms. The highest BCUT2D eigenvalue weighted by Gasteiger charge is 2.15. The number of aliphatic hydroxyl groups excluding tert-OH is 1. The van der Waals surface area contributed by atoms with Crippen molar-refractivity contribution in [1.29, 1.82) is 0 Å². The molecule has 0 bridgehead atoms. The molecule has 1 aliphatic carbocycles. The van der Waals surface area contributed by atoms with Crippen molar-refractivity contribution in [2.75, 3.05) is 6.61 Å². The third-order valence-corrected chi connectivity index (χ3v) is 1.85. The maximum Gasteiger partial charge on any atom is 0.118 e. The molecule has 0 amide bonds. The van der Waals surface area contributed by atoms with Crippen LogP contribution < -0.4 is 5.73 Å². The molecule has 0 aliphatic heterocycles. The molecule has 2 atom stereocenters. The Morgan fingerprint density at radius 1 is 1.82 bits per heavy atom. The molecule has 3 heteroatoms. The molecule has 0 aromatic rings. The SMILES string of the molecule is NC(CO)C1C=CC(F)=CC1. The minimum absolute atomic E-state index is 0.0511. The van der Waals surface area contributed by atoms with Crippen LogP contribution in [0, 0.1) is 5.92 Å². The van der Waals surface area contributed by atoms with Crippen LogP contribution >= 0.6 is 0 Å². The molecule has 0 aromatic carbocycles. The van der Waals surface area contributed by atoms with Crippen molar-refractivity contribution in [3.8, 4) is 0 Å². The number of allylic oxidation sites excluding steroid dienone is 3. The van der Waals surface area contributed by atoms with Crippen LogP contribution in [0.4, 0.5) is 4.39 Å². The van der Waals surface area contributed by atoms with Gasteiger partial charge in [0, 0.05) is 6.04 Å². The summed E-state index contributed by atoms with van der Waals surface area (Å²) in [4.78, 5) is 0. The molecule has 0 spiro atoms. The summed E-state index contributed by atoms with van der Waals surface area (Å²) in [5.41, 5.74) is 5.54. The minimum atomic E-state index is -0.268. The minimum Gasteiger partial charge on any atom is -0.395 e. The second-order valence-corrected chi connectivity index (χ2v) is 2.69. The first-order valence-corrected chi connectivity index (χ1v) is 3.64. The van der Waals surface area contributed by atoms with Gasteiger partial charge in [0.15, 0.2) is 0 Å². The van der Waals surface area contributed by atoms with Crippen LogP contribution in [0.2, 0.25) is 0 Å². The first-order valence-electron chi connectivity index (χ1n) is 3.64. The number of nitrogens with two attached hydrogens (primary N) is 1. The van der Waals surface area contributed by atoms with Crippen molar-refractivity contribution in [3.63, 3.8) is 0 Å². The standard InChI is InChI=1S/C8H12FNO/c9-7-3-1-6(2-4-7)8(10)5-11/h1,3-4,6,8,11H,2,5,10H2. The number of aliphatic hydroxyl groups is 1. The fourth-order valence-electron chi connectivity index (χ4n) is 1.06. The molecule has 1 aliphatic rings. The Hall–Kier alpha value is -0.670. The number of rotatable bonds is 2. The van der Waals surface area contributed by atoms with E-state index in [0.29, 0.717) is 6.42 Å². The quantitative estimate of drug-likeness (QED) is 0.621. The number of halogens is 1. The summed E-state index contributed by atoms with van der Waals surface area (Å²) in [6.07, 6.45) is 5.17. The van der Waals surface area contributed by atoms with Gasteiger partial charge in [-0.3, -0.25) is 0 Å². The van der Waals surface area contributed by atoms with E-state index < -0.39 is 0 Å². The van der Waals surface area contributed by atoms with E-state index in [1.54, 1.807) is 6.08 Å². The molecule has 2 unspecified atom stereocenters. The van der Waals surface area contributed by atoms with E-state index in [4.69, 9.17) is 10.8 Å². The van der Waals surface area contributed by atoms with Crippen LogP contribution in [0.15, 0.2) is 24.1 Å². The molecule has 1 rings (SSSR count). The van der Waals surface area contributed by atoms with Crippen molar-refractivity contribution in [3.05, 3.63) is 24.1 Å². The smallest absolute Gasteiger partial charge is 0.118 e. The molecular formula is C8H12FNO. The summed E-state index contributed by atoms with van der Waals surface area (Å²) in [7, 11) is 0. The largest absolute Gasteiger partial charge is 0.395 e. The average Bonchev–Trinajstić information content (AvgIpc) is 2.05. The van der Waals surface area contributed by atoms with E-state index in [2.05, 4.69) is 0 Å². The highest BCUT2D eigenvalue weighted by atomic mass is 19.1. The molecule has 0 saturated carbocycles. The summed E-state index contributed by atoms with van der Waals surface area (Å²) >= 11 is 0. The molecule has 0 saturated heterocycles.